The quantitative estimate of drug-likeness (QED) is 0.774. The first-order valence-electron chi connectivity index (χ1n) is 6.60. The maximum absolute atomic E-state index is 12.1. The molecule has 110 valence electrons. The van der Waals surface area contributed by atoms with Gasteiger partial charge in [-0.25, -0.2) is 4.98 Å². The summed E-state index contributed by atoms with van der Waals surface area (Å²) in [6.07, 6.45) is 6.26. The van der Waals surface area contributed by atoms with Gasteiger partial charge in [-0.3, -0.25) is 19.3 Å². The van der Waals surface area contributed by atoms with Crippen LogP contribution in [0, 0.1) is 0 Å². The van der Waals surface area contributed by atoms with Gasteiger partial charge < -0.3 is 5.32 Å². The monoisotopic (exact) mass is 295 g/mol. The molecule has 22 heavy (non-hydrogen) atoms. The standard InChI is InChI=1S/C15H13N5O2/c1-16-15(22)11-8-12(10-17-9-11)19-7-5-14(21)20(19)13-4-2-3-6-18-13/h2-10H,1H3,(H,16,22). The molecule has 7 heteroatoms. The Kier molecular flexibility index (Phi) is 3.53. The number of pyridine rings is 2. The summed E-state index contributed by atoms with van der Waals surface area (Å²) in [6.45, 7) is 0. The molecule has 1 amide bonds. The van der Waals surface area contributed by atoms with Crippen molar-refractivity contribution in [3.05, 3.63) is 71.0 Å². The van der Waals surface area contributed by atoms with E-state index in [1.54, 1.807) is 54.6 Å². The molecule has 0 saturated heterocycles. The zero-order valence-electron chi connectivity index (χ0n) is 11.8. The third-order valence-electron chi connectivity index (χ3n) is 3.13. The van der Waals surface area contributed by atoms with Crippen molar-refractivity contribution < 1.29 is 4.79 Å². The fourth-order valence-electron chi connectivity index (χ4n) is 2.10. The summed E-state index contributed by atoms with van der Waals surface area (Å²) in [7, 11) is 1.55. The second-order valence-electron chi connectivity index (χ2n) is 4.51. The van der Waals surface area contributed by atoms with Gasteiger partial charge in [0, 0.05) is 31.7 Å². The van der Waals surface area contributed by atoms with E-state index in [1.807, 2.05) is 0 Å². The number of carbonyl (C=O) groups is 1. The molecular formula is C15H13N5O2. The van der Waals surface area contributed by atoms with Gasteiger partial charge in [-0.05, 0) is 18.2 Å². The molecular weight excluding hydrogens is 282 g/mol. The highest BCUT2D eigenvalue weighted by atomic mass is 16.1. The van der Waals surface area contributed by atoms with E-state index in [9.17, 15) is 9.59 Å². The zero-order valence-corrected chi connectivity index (χ0v) is 11.8. The zero-order chi connectivity index (χ0) is 15.5. The predicted octanol–water partition coefficient (Wildman–Crippen LogP) is 0.778. The lowest BCUT2D eigenvalue weighted by Crippen LogP contribution is -2.22. The Morgan fingerprint density at radius 3 is 2.82 bits per heavy atom. The van der Waals surface area contributed by atoms with Crippen molar-refractivity contribution in [1.29, 1.82) is 0 Å². The topological polar surface area (TPSA) is 81.8 Å². The van der Waals surface area contributed by atoms with Gasteiger partial charge in [0.05, 0.1) is 17.4 Å². The normalized spacial score (nSPS) is 10.4. The molecule has 3 aromatic heterocycles. The van der Waals surface area contributed by atoms with E-state index in [2.05, 4.69) is 15.3 Å². The summed E-state index contributed by atoms with van der Waals surface area (Å²) in [4.78, 5) is 32.0. The summed E-state index contributed by atoms with van der Waals surface area (Å²) < 4.78 is 3.01. The Balaban J connectivity index is 2.15. The van der Waals surface area contributed by atoms with Crippen LogP contribution in [-0.2, 0) is 0 Å². The molecule has 0 aliphatic carbocycles. The number of amides is 1. The Morgan fingerprint density at radius 1 is 1.23 bits per heavy atom. The van der Waals surface area contributed by atoms with Gasteiger partial charge in [-0.2, -0.15) is 4.68 Å². The number of nitrogens with zero attached hydrogens (tertiary/aromatic N) is 4. The summed E-state index contributed by atoms with van der Waals surface area (Å²) in [5.41, 5.74) is 0.784. The molecule has 0 saturated carbocycles. The largest absolute Gasteiger partial charge is 0.355 e. The van der Waals surface area contributed by atoms with Crippen molar-refractivity contribution in [2.45, 2.75) is 0 Å². The molecule has 0 aliphatic heterocycles. The maximum Gasteiger partial charge on any atom is 0.273 e. The van der Waals surface area contributed by atoms with Crippen molar-refractivity contribution in [3.63, 3.8) is 0 Å². The molecule has 0 aliphatic rings. The van der Waals surface area contributed by atoms with Gasteiger partial charge in [-0.1, -0.05) is 6.07 Å². The third-order valence-corrected chi connectivity index (χ3v) is 3.13. The second kappa shape index (κ2) is 5.65. The molecule has 0 bridgehead atoms. The molecule has 3 aromatic rings. The van der Waals surface area contributed by atoms with Crippen molar-refractivity contribution in [2.75, 3.05) is 7.05 Å². The van der Waals surface area contributed by atoms with Gasteiger partial charge in [0.15, 0.2) is 5.82 Å². The molecule has 0 atom stereocenters. The highest BCUT2D eigenvalue weighted by Gasteiger charge is 2.11. The van der Waals surface area contributed by atoms with E-state index >= 15 is 0 Å². The van der Waals surface area contributed by atoms with Gasteiger partial charge in [-0.15, -0.1) is 0 Å². The highest BCUT2D eigenvalue weighted by Crippen LogP contribution is 2.10. The Bertz CT molecular complexity index is 867. The first-order chi connectivity index (χ1) is 10.7. The fourth-order valence-corrected chi connectivity index (χ4v) is 2.10. The second-order valence-corrected chi connectivity index (χ2v) is 4.51. The SMILES string of the molecule is CNC(=O)c1cncc(-n2ccc(=O)n2-c2ccccn2)c1. The summed E-state index contributed by atoms with van der Waals surface area (Å²) >= 11 is 0. The molecule has 0 unspecified atom stereocenters. The lowest BCUT2D eigenvalue weighted by atomic mass is 10.2. The Labute approximate surface area is 125 Å². The van der Waals surface area contributed by atoms with Crippen molar-refractivity contribution in [2.24, 2.45) is 0 Å². The average molecular weight is 295 g/mol. The van der Waals surface area contributed by atoms with Gasteiger partial charge in [0.1, 0.15) is 0 Å². The predicted molar refractivity (Wildman–Crippen MR) is 80.3 cm³/mol. The minimum atomic E-state index is -0.242. The van der Waals surface area contributed by atoms with Crippen LogP contribution in [0.3, 0.4) is 0 Å². The van der Waals surface area contributed by atoms with Gasteiger partial charge in [0.2, 0.25) is 0 Å². The number of hydrogen-bond donors (Lipinski definition) is 1. The van der Waals surface area contributed by atoms with E-state index < -0.39 is 0 Å². The van der Waals surface area contributed by atoms with Crippen LogP contribution in [0.1, 0.15) is 10.4 Å². The van der Waals surface area contributed by atoms with Crippen LogP contribution in [0.5, 0.6) is 0 Å². The van der Waals surface area contributed by atoms with Crippen molar-refractivity contribution in [1.82, 2.24) is 24.6 Å². The number of rotatable bonds is 3. The number of nitrogens with one attached hydrogen (secondary N) is 1. The molecule has 3 rings (SSSR count). The van der Waals surface area contributed by atoms with Gasteiger partial charge in [0.25, 0.3) is 11.5 Å². The van der Waals surface area contributed by atoms with Crippen LogP contribution in [-0.4, -0.2) is 32.3 Å². The van der Waals surface area contributed by atoms with Crippen molar-refractivity contribution in [3.8, 4) is 11.5 Å². The van der Waals surface area contributed by atoms with Crippen LogP contribution in [0.15, 0.2) is 59.9 Å². The molecule has 0 aromatic carbocycles. The van der Waals surface area contributed by atoms with Crippen LogP contribution in [0.2, 0.25) is 0 Å². The first-order valence-corrected chi connectivity index (χ1v) is 6.60. The maximum atomic E-state index is 12.1. The minimum Gasteiger partial charge on any atom is -0.355 e. The number of hydrogen-bond acceptors (Lipinski definition) is 4. The Hall–Kier alpha value is -3.22. The fraction of sp³-hybridized carbons (Fsp3) is 0.0667. The smallest absolute Gasteiger partial charge is 0.273 e. The molecule has 0 fully saturated rings. The lowest BCUT2D eigenvalue weighted by molar-refractivity contribution is 0.0962. The minimum absolute atomic E-state index is 0.218. The van der Waals surface area contributed by atoms with E-state index in [0.717, 1.165) is 0 Å². The van der Waals surface area contributed by atoms with Crippen LogP contribution in [0.4, 0.5) is 0 Å². The third kappa shape index (κ3) is 2.39. The number of aromatic nitrogens is 4. The van der Waals surface area contributed by atoms with Crippen LogP contribution in [0.25, 0.3) is 11.5 Å². The van der Waals surface area contributed by atoms with E-state index in [4.69, 9.17) is 0 Å². The lowest BCUT2D eigenvalue weighted by Gasteiger charge is -2.11. The molecule has 0 spiro atoms. The van der Waals surface area contributed by atoms with Gasteiger partial charge >= 0.3 is 0 Å². The van der Waals surface area contributed by atoms with E-state index in [1.165, 1.54) is 16.9 Å². The molecule has 7 nitrogen and oxygen atoms in total. The Morgan fingerprint density at radius 2 is 2.09 bits per heavy atom. The summed E-state index contributed by atoms with van der Waals surface area (Å²) in [5, 5.41) is 2.54. The molecule has 3 heterocycles. The van der Waals surface area contributed by atoms with Crippen molar-refractivity contribution >= 4 is 5.91 Å². The summed E-state index contributed by atoms with van der Waals surface area (Å²) in [6, 6.07) is 8.39. The van der Waals surface area contributed by atoms with E-state index in [0.29, 0.717) is 17.1 Å². The molecule has 0 radical (unpaired) electrons. The average Bonchev–Trinajstić information content (AvgIpc) is 2.96. The van der Waals surface area contributed by atoms with Crippen LogP contribution < -0.4 is 10.9 Å². The highest BCUT2D eigenvalue weighted by molar-refractivity contribution is 5.94. The number of carbonyl (C=O) groups excluding carboxylic acids is 1. The van der Waals surface area contributed by atoms with E-state index in [-0.39, 0.29) is 11.5 Å². The first kappa shape index (κ1) is 13.7. The summed E-state index contributed by atoms with van der Waals surface area (Å²) in [5.74, 6) is 0.246. The molecule has 1 N–H and O–H groups in total. The van der Waals surface area contributed by atoms with Crippen LogP contribution >= 0.6 is 0 Å².